The van der Waals surface area contributed by atoms with E-state index in [1.807, 2.05) is 0 Å². The highest BCUT2D eigenvalue weighted by Crippen LogP contribution is 2.07. The molecule has 1 aliphatic rings. The van der Waals surface area contributed by atoms with Crippen molar-refractivity contribution in [3.8, 4) is 0 Å². The molecule has 0 aromatic heterocycles. The van der Waals surface area contributed by atoms with Crippen LogP contribution >= 0.6 is 0 Å². The van der Waals surface area contributed by atoms with Gasteiger partial charge in [0.2, 0.25) is 0 Å². The topological polar surface area (TPSA) is 0 Å². The van der Waals surface area contributed by atoms with E-state index in [4.69, 9.17) is 0 Å². The lowest BCUT2D eigenvalue weighted by Crippen LogP contribution is -1.78. The zero-order valence-corrected chi connectivity index (χ0v) is 7.84. The zero-order valence-electron chi connectivity index (χ0n) is 7.84. The summed E-state index contributed by atoms with van der Waals surface area (Å²) in [6.45, 7) is 0. The smallest absolute Gasteiger partial charge is 0.0319 e. The van der Waals surface area contributed by atoms with E-state index < -0.39 is 0 Å². The molecule has 0 nitrogen and oxygen atoms in total. The molecule has 12 heavy (non-hydrogen) atoms. The van der Waals surface area contributed by atoms with Gasteiger partial charge in [0, 0.05) is 0 Å². The fraction of sp³-hybridized carbons (Fsp3) is 0.583. The van der Waals surface area contributed by atoms with Gasteiger partial charge in [0.05, 0.1) is 0 Å². The molecule has 67 valence electrons. The van der Waals surface area contributed by atoms with Crippen molar-refractivity contribution in [1.29, 1.82) is 0 Å². The molecule has 0 atom stereocenters. The molecular weight excluding hydrogens is 144 g/mol. The quantitative estimate of drug-likeness (QED) is 0.473. The molecule has 0 N–H and O–H groups in total. The Hall–Kier alpha value is -0.520. The first-order valence-corrected chi connectivity index (χ1v) is 5.12. The molecule has 0 bridgehead atoms. The molecule has 0 spiro atoms. The van der Waals surface area contributed by atoms with Gasteiger partial charge in [0.15, 0.2) is 0 Å². The van der Waals surface area contributed by atoms with Crippen molar-refractivity contribution in [2.24, 2.45) is 0 Å². The number of hydrogen-bond acceptors (Lipinski definition) is 0. The molecule has 0 heterocycles. The predicted octanol–water partition coefficient (Wildman–Crippen LogP) is 4.05. The van der Waals surface area contributed by atoms with E-state index in [1.165, 1.54) is 44.9 Å². The average molecular weight is 163 g/mol. The van der Waals surface area contributed by atoms with Crippen LogP contribution < -0.4 is 0 Å². The Bertz CT molecular complexity index is 126. The molecule has 1 aliphatic carbocycles. The van der Waals surface area contributed by atoms with E-state index in [0.717, 1.165) is 0 Å². The van der Waals surface area contributed by atoms with Gasteiger partial charge in [-0.15, -0.1) is 0 Å². The molecule has 1 rings (SSSR count). The van der Waals surface area contributed by atoms with Crippen molar-refractivity contribution in [2.75, 3.05) is 0 Å². The van der Waals surface area contributed by atoms with Gasteiger partial charge in [-0.1, -0.05) is 24.3 Å². The number of hydrogen-bond donors (Lipinski definition) is 0. The molecule has 0 amide bonds. The Morgan fingerprint density at radius 2 is 1.17 bits per heavy atom. The number of allylic oxidation sites excluding steroid dienone is 4. The minimum absolute atomic E-state index is 1.17. The summed E-state index contributed by atoms with van der Waals surface area (Å²) in [7, 11) is 0. The Morgan fingerprint density at radius 3 is 1.92 bits per heavy atom. The minimum Gasteiger partial charge on any atom is -0.0885 e. The lowest BCUT2D eigenvalue weighted by atomic mass is 10.1. The van der Waals surface area contributed by atoms with Crippen molar-refractivity contribution < 1.29 is 0 Å². The number of rotatable bonds is 0. The van der Waals surface area contributed by atoms with Crippen molar-refractivity contribution >= 4 is 0 Å². The normalized spacial score (nSPS) is 21.3. The molecule has 0 heteroatoms. The highest BCUT2D eigenvalue weighted by atomic mass is 13.9. The molecule has 0 aromatic rings. The third-order valence-corrected chi connectivity index (χ3v) is 2.16. The van der Waals surface area contributed by atoms with Crippen LogP contribution in [0.1, 0.15) is 44.9 Å². The second-order valence-electron chi connectivity index (χ2n) is 3.33. The van der Waals surface area contributed by atoms with Crippen molar-refractivity contribution in [2.45, 2.75) is 44.9 Å². The van der Waals surface area contributed by atoms with E-state index in [9.17, 15) is 0 Å². The van der Waals surface area contributed by atoms with Gasteiger partial charge >= 0.3 is 0 Å². The lowest BCUT2D eigenvalue weighted by Gasteiger charge is -1.97. The van der Waals surface area contributed by atoms with Crippen molar-refractivity contribution in [1.82, 2.24) is 0 Å². The molecule has 0 fully saturated rings. The summed E-state index contributed by atoms with van der Waals surface area (Å²) in [5.41, 5.74) is 0. The van der Waals surface area contributed by atoms with Crippen LogP contribution in [0.15, 0.2) is 24.3 Å². The van der Waals surface area contributed by atoms with Gasteiger partial charge in [0.25, 0.3) is 0 Å². The molecule has 0 unspecified atom stereocenters. The van der Waals surface area contributed by atoms with Crippen LogP contribution in [0.3, 0.4) is 0 Å². The SMILES string of the molecule is [CH]1CC=CCCCC=CCCC1. The molecule has 0 saturated heterocycles. The van der Waals surface area contributed by atoms with Crippen LogP contribution in [0.5, 0.6) is 0 Å². The fourth-order valence-electron chi connectivity index (χ4n) is 1.40. The maximum Gasteiger partial charge on any atom is -0.0319 e. The third kappa shape index (κ3) is 5.17. The Kier molecular flexibility index (Phi) is 5.70. The van der Waals surface area contributed by atoms with Gasteiger partial charge < -0.3 is 0 Å². The summed E-state index contributed by atoms with van der Waals surface area (Å²) in [6, 6.07) is 0. The second-order valence-corrected chi connectivity index (χ2v) is 3.33. The summed E-state index contributed by atoms with van der Waals surface area (Å²) in [5, 5.41) is 0. The molecule has 0 saturated carbocycles. The Labute approximate surface area is 76.4 Å². The van der Waals surface area contributed by atoms with Gasteiger partial charge in [0.1, 0.15) is 0 Å². The predicted molar refractivity (Wildman–Crippen MR) is 54.9 cm³/mol. The van der Waals surface area contributed by atoms with Gasteiger partial charge in [-0.05, 0) is 51.4 Å². The maximum absolute atomic E-state index is 2.38. The highest BCUT2D eigenvalue weighted by Gasteiger charge is 1.88. The van der Waals surface area contributed by atoms with Gasteiger partial charge in [-0.25, -0.2) is 0 Å². The Balaban J connectivity index is 2.19. The molecule has 0 aliphatic heterocycles. The van der Waals surface area contributed by atoms with Crippen molar-refractivity contribution in [3.05, 3.63) is 30.7 Å². The van der Waals surface area contributed by atoms with E-state index >= 15 is 0 Å². The van der Waals surface area contributed by atoms with E-state index in [0.29, 0.717) is 0 Å². The zero-order chi connectivity index (χ0) is 8.49. The maximum atomic E-state index is 2.38. The van der Waals surface area contributed by atoms with Crippen LogP contribution in [-0.4, -0.2) is 0 Å². The summed E-state index contributed by atoms with van der Waals surface area (Å²) >= 11 is 0. The minimum atomic E-state index is 1.17. The van der Waals surface area contributed by atoms with Gasteiger partial charge in [-0.2, -0.15) is 0 Å². The molecule has 1 radical (unpaired) electrons. The first-order valence-electron chi connectivity index (χ1n) is 5.12. The summed E-state index contributed by atoms with van der Waals surface area (Å²) in [4.78, 5) is 0. The first kappa shape index (κ1) is 9.57. The molecule has 0 aromatic carbocycles. The van der Waals surface area contributed by atoms with E-state index in [1.54, 1.807) is 0 Å². The van der Waals surface area contributed by atoms with Crippen LogP contribution in [0, 0.1) is 6.42 Å². The summed E-state index contributed by atoms with van der Waals surface area (Å²) in [6.07, 6.45) is 20.5. The third-order valence-electron chi connectivity index (χ3n) is 2.16. The Morgan fingerprint density at radius 1 is 0.583 bits per heavy atom. The fourth-order valence-corrected chi connectivity index (χ4v) is 1.40. The van der Waals surface area contributed by atoms with Gasteiger partial charge in [-0.3, -0.25) is 0 Å². The standard InChI is InChI=1S/C12H19/c1-2-4-6-8-10-12-11-9-7-5-3-1/h1-2,5,10,12H,3-4,6-9,11H2. The van der Waals surface area contributed by atoms with Crippen LogP contribution in [0.2, 0.25) is 0 Å². The average Bonchev–Trinajstić information content (AvgIpc) is 2.05. The summed E-state index contributed by atoms with van der Waals surface area (Å²) in [5.74, 6) is 0. The van der Waals surface area contributed by atoms with Crippen LogP contribution in [0.25, 0.3) is 0 Å². The van der Waals surface area contributed by atoms with E-state index in [-0.39, 0.29) is 0 Å². The first-order chi connectivity index (χ1) is 6.00. The summed E-state index contributed by atoms with van der Waals surface area (Å²) < 4.78 is 0. The van der Waals surface area contributed by atoms with Crippen LogP contribution in [-0.2, 0) is 0 Å². The second kappa shape index (κ2) is 7.15. The molecular formula is C12H19. The lowest BCUT2D eigenvalue weighted by molar-refractivity contribution is 0.795. The van der Waals surface area contributed by atoms with Crippen molar-refractivity contribution in [3.63, 3.8) is 0 Å². The monoisotopic (exact) mass is 163 g/mol. The van der Waals surface area contributed by atoms with E-state index in [2.05, 4.69) is 30.7 Å². The highest BCUT2D eigenvalue weighted by molar-refractivity contribution is 4.90. The largest absolute Gasteiger partial charge is 0.0885 e. The van der Waals surface area contributed by atoms with Crippen LogP contribution in [0.4, 0.5) is 0 Å².